The summed E-state index contributed by atoms with van der Waals surface area (Å²) in [7, 11) is 0. The number of carbonyl (C=O) groups is 2. The van der Waals surface area contributed by atoms with Crippen LogP contribution in [0, 0.1) is 0 Å². The Morgan fingerprint density at radius 3 is 1.57 bits per heavy atom. The lowest BCUT2D eigenvalue weighted by Crippen LogP contribution is -2.44. The second kappa shape index (κ2) is 4.19. The van der Waals surface area contributed by atoms with Gasteiger partial charge in [0, 0.05) is 0 Å². The van der Waals surface area contributed by atoms with Crippen molar-refractivity contribution in [3.63, 3.8) is 0 Å². The van der Waals surface area contributed by atoms with Crippen molar-refractivity contribution >= 4 is 11.6 Å². The van der Waals surface area contributed by atoms with Crippen LogP contribution in [-0.2, 0) is 9.59 Å². The number of carbonyl (C=O) groups excluding carboxylic acids is 2. The Balaban J connectivity index is 1.92. The smallest absolute Gasteiger partial charge is 0.216 e. The molecule has 0 aromatic heterocycles. The highest BCUT2D eigenvalue weighted by Gasteiger charge is 2.33. The highest BCUT2D eigenvalue weighted by molar-refractivity contribution is 6.41. The van der Waals surface area contributed by atoms with E-state index in [1.165, 1.54) is 0 Å². The molecular weight excluding hydrogens is 180 g/mol. The summed E-state index contributed by atoms with van der Waals surface area (Å²) in [5.41, 5.74) is 0. The van der Waals surface area contributed by atoms with Crippen LogP contribution >= 0.6 is 0 Å². The van der Waals surface area contributed by atoms with Crippen LogP contribution in [0.5, 0.6) is 0 Å². The molecule has 0 spiro atoms. The number of rotatable bonds is 3. The minimum atomic E-state index is -0.220. The predicted molar refractivity (Wildman–Crippen MR) is 52.1 cm³/mol. The van der Waals surface area contributed by atoms with Crippen molar-refractivity contribution in [2.45, 2.75) is 37.8 Å². The third-order valence-corrected chi connectivity index (χ3v) is 3.00. The number of nitrogens with one attached hydrogen (secondary N) is 2. The van der Waals surface area contributed by atoms with E-state index in [4.69, 9.17) is 0 Å². The van der Waals surface area contributed by atoms with Crippen LogP contribution in [0.3, 0.4) is 0 Å². The van der Waals surface area contributed by atoms with E-state index in [1.807, 2.05) is 0 Å². The van der Waals surface area contributed by atoms with Crippen molar-refractivity contribution in [1.82, 2.24) is 10.6 Å². The normalized spacial score (nSPS) is 32.0. The first-order chi connectivity index (χ1) is 6.79. The van der Waals surface area contributed by atoms with Crippen molar-refractivity contribution in [3.8, 4) is 0 Å². The van der Waals surface area contributed by atoms with Gasteiger partial charge in [-0.25, -0.2) is 0 Å². The van der Waals surface area contributed by atoms with Crippen LogP contribution in [0.1, 0.15) is 25.7 Å². The molecule has 2 rings (SSSR count). The third-order valence-electron chi connectivity index (χ3n) is 3.00. The largest absolute Gasteiger partial charge is 0.307 e. The summed E-state index contributed by atoms with van der Waals surface area (Å²) < 4.78 is 0. The summed E-state index contributed by atoms with van der Waals surface area (Å²) in [6.45, 7) is 1.73. The molecule has 2 N–H and O–H groups in total. The van der Waals surface area contributed by atoms with Gasteiger partial charge in [-0.2, -0.15) is 0 Å². The number of hydrogen-bond acceptors (Lipinski definition) is 4. The van der Waals surface area contributed by atoms with Gasteiger partial charge in [-0.15, -0.1) is 0 Å². The van der Waals surface area contributed by atoms with Gasteiger partial charge >= 0.3 is 0 Å². The molecule has 2 atom stereocenters. The molecule has 2 saturated heterocycles. The topological polar surface area (TPSA) is 58.2 Å². The molecule has 0 aromatic carbocycles. The average Bonchev–Trinajstić information content (AvgIpc) is 2.87. The summed E-state index contributed by atoms with van der Waals surface area (Å²) >= 11 is 0. The van der Waals surface area contributed by atoms with E-state index in [0.29, 0.717) is 0 Å². The summed E-state index contributed by atoms with van der Waals surface area (Å²) in [4.78, 5) is 23.4. The van der Waals surface area contributed by atoms with Gasteiger partial charge < -0.3 is 10.6 Å². The van der Waals surface area contributed by atoms with Gasteiger partial charge in [0.2, 0.25) is 11.6 Å². The summed E-state index contributed by atoms with van der Waals surface area (Å²) in [6.07, 6.45) is 3.64. The summed E-state index contributed by atoms with van der Waals surface area (Å²) in [5.74, 6) is -0.441. The molecule has 2 aliphatic rings. The van der Waals surface area contributed by atoms with Crippen molar-refractivity contribution < 1.29 is 9.59 Å². The second-order valence-electron chi connectivity index (χ2n) is 4.03. The number of hydrogen-bond donors (Lipinski definition) is 2. The Morgan fingerprint density at radius 2 is 1.29 bits per heavy atom. The van der Waals surface area contributed by atoms with Crippen LogP contribution in [0.2, 0.25) is 0 Å². The quantitative estimate of drug-likeness (QED) is 0.605. The minimum absolute atomic E-state index is 0.204. The van der Waals surface area contributed by atoms with E-state index in [1.54, 1.807) is 0 Å². The molecule has 2 heterocycles. The fraction of sp³-hybridized carbons (Fsp3) is 0.800. The van der Waals surface area contributed by atoms with Gasteiger partial charge in [0.1, 0.15) is 0 Å². The highest BCUT2D eigenvalue weighted by Crippen LogP contribution is 2.11. The van der Waals surface area contributed by atoms with Gasteiger partial charge in [0.25, 0.3) is 0 Å². The molecule has 0 amide bonds. The van der Waals surface area contributed by atoms with Crippen molar-refractivity contribution in [1.29, 1.82) is 0 Å². The first kappa shape index (κ1) is 9.80. The van der Waals surface area contributed by atoms with E-state index in [9.17, 15) is 9.59 Å². The van der Waals surface area contributed by atoms with E-state index < -0.39 is 0 Å². The molecular formula is C10H16N2O2. The molecule has 0 radical (unpaired) electrons. The molecule has 2 fully saturated rings. The summed E-state index contributed by atoms with van der Waals surface area (Å²) in [6, 6.07) is -0.408. The van der Waals surface area contributed by atoms with Crippen molar-refractivity contribution in [3.05, 3.63) is 0 Å². The molecule has 0 aliphatic carbocycles. The Hall–Kier alpha value is -0.740. The predicted octanol–water partition coefficient (Wildman–Crippen LogP) is -0.371. The SMILES string of the molecule is O=C(C(=O)C1CCCN1)C1CCCN1. The van der Waals surface area contributed by atoms with Crippen LogP contribution in [-0.4, -0.2) is 36.7 Å². The maximum absolute atomic E-state index is 11.7. The zero-order valence-corrected chi connectivity index (χ0v) is 8.21. The zero-order valence-electron chi connectivity index (χ0n) is 8.21. The van der Waals surface area contributed by atoms with E-state index in [2.05, 4.69) is 10.6 Å². The van der Waals surface area contributed by atoms with E-state index in [0.717, 1.165) is 38.8 Å². The fourth-order valence-electron chi connectivity index (χ4n) is 2.16. The molecule has 0 aromatic rings. The van der Waals surface area contributed by atoms with E-state index >= 15 is 0 Å². The maximum Gasteiger partial charge on any atom is 0.216 e. The molecule has 14 heavy (non-hydrogen) atoms. The standard InChI is InChI=1S/C10H16N2O2/c13-9(7-3-1-5-11-7)10(14)8-4-2-6-12-8/h7-8,11-12H,1-6H2. The maximum atomic E-state index is 11.7. The van der Waals surface area contributed by atoms with Gasteiger partial charge in [-0.3, -0.25) is 9.59 Å². The first-order valence-electron chi connectivity index (χ1n) is 5.34. The molecule has 4 heteroatoms. The van der Waals surface area contributed by atoms with Gasteiger partial charge in [-0.1, -0.05) is 0 Å². The van der Waals surface area contributed by atoms with Gasteiger partial charge in [0.05, 0.1) is 12.1 Å². The second-order valence-corrected chi connectivity index (χ2v) is 4.03. The average molecular weight is 196 g/mol. The first-order valence-corrected chi connectivity index (χ1v) is 5.34. The number of Topliss-reactive ketones (excluding diaryl/α,β-unsaturated/α-hetero) is 2. The van der Waals surface area contributed by atoms with Crippen LogP contribution in [0.4, 0.5) is 0 Å². The molecule has 2 unspecified atom stereocenters. The Morgan fingerprint density at radius 1 is 0.857 bits per heavy atom. The van der Waals surface area contributed by atoms with Crippen molar-refractivity contribution in [2.24, 2.45) is 0 Å². The molecule has 4 nitrogen and oxygen atoms in total. The Kier molecular flexibility index (Phi) is 2.93. The molecule has 2 aliphatic heterocycles. The Bertz CT molecular complexity index is 215. The van der Waals surface area contributed by atoms with Gasteiger partial charge in [-0.05, 0) is 38.8 Å². The third kappa shape index (κ3) is 1.86. The molecule has 0 saturated carbocycles. The van der Waals surface area contributed by atoms with Crippen LogP contribution in [0.15, 0.2) is 0 Å². The zero-order chi connectivity index (χ0) is 9.97. The lowest BCUT2D eigenvalue weighted by molar-refractivity contribution is -0.138. The van der Waals surface area contributed by atoms with Crippen LogP contribution in [0.25, 0.3) is 0 Å². The Labute approximate surface area is 83.4 Å². The minimum Gasteiger partial charge on any atom is -0.307 e. The molecule has 78 valence electrons. The number of ketones is 2. The lowest BCUT2D eigenvalue weighted by atomic mass is 10.0. The van der Waals surface area contributed by atoms with Gasteiger partial charge in [0.15, 0.2) is 0 Å². The fourth-order valence-corrected chi connectivity index (χ4v) is 2.16. The van der Waals surface area contributed by atoms with Crippen molar-refractivity contribution in [2.75, 3.05) is 13.1 Å². The monoisotopic (exact) mass is 196 g/mol. The highest BCUT2D eigenvalue weighted by atomic mass is 16.2. The van der Waals surface area contributed by atoms with Crippen LogP contribution < -0.4 is 10.6 Å². The lowest BCUT2D eigenvalue weighted by Gasteiger charge is -2.11. The molecule has 0 bridgehead atoms. The van der Waals surface area contributed by atoms with E-state index in [-0.39, 0.29) is 23.7 Å². The summed E-state index contributed by atoms with van der Waals surface area (Å²) in [5, 5.41) is 6.13.